The lowest BCUT2D eigenvalue weighted by molar-refractivity contribution is 0.0660. The van der Waals surface area contributed by atoms with Gasteiger partial charge in [-0.05, 0) is 85.1 Å². The van der Waals surface area contributed by atoms with Crippen LogP contribution in [0.4, 0.5) is 0 Å². The quantitative estimate of drug-likeness (QED) is 0.452. The molecule has 0 spiro atoms. The van der Waals surface area contributed by atoms with Crippen LogP contribution >= 0.6 is 0 Å². The SMILES string of the molecule is COc1cc2c(cc1OC)C(=O)N(CC1CCCN(CCCc3ccc4ccccc4c3)C1)CC2. The molecule has 5 rings (SSSR count). The predicted molar refractivity (Wildman–Crippen MR) is 141 cm³/mol. The van der Waals surface area contributed by atoms with Crippen LogP contribution in [0.2, 0.25) is 0 Å². The molecule has 5 nitrogen and oxygen atoms in total. The van der Waals surface area contributed by atoms with Gasteiger partial charge in [-0.15, -0.1) is 0 Å². The largest absolute Gasteiger partial charge is 0.493 e. The molecular formula is C30H36N2O3. The first kappa shape index (κ1) is 23.7. The van der Waals surface area contributed by atoms with Gasteiger partial charge >= 0.3 is 0 Å². The van der Waals surface area contributed by atoms with Crippen molar-refractivity contribution in [2.75, 3.05) is 46.9 Å². The van der Waals surface area contributed by atoms with Gasteiger partial charge in [0.05, 0.1) is 14.2 Å². The van der Waals surface area contributed by atoms with Gasteiger partial charge in [0.25, 0.3) is 5.91 Å². The van der Waals surface area contributed by atoms with Gasteiger partial charge in [0.2, 0.25) is 0 Å². The summed E-state index contributed by atoms with van der Waals surface area (Å²) in [6.45, 7) is 4.99. The number of carbonyl (C=O) groups is 1. The Morgan fingerprint density at radius 2 is 1.74 bits per heavy atom. The van der Waals surface area contributed by atoms with Crippen LogP contribution in [0.25, 0.3) is 10.8 Å². The van der Waals surface area contributed by atoms with Crippen LogP contribution in [0, 0.1) is 5.92 Å². The second kappa shape index (κ2) is 10.7. The van der Waals surface area contributed by atoms with Gasteiger partial charge in [-0.3, -0.25) is 4.79 Å². The molecule has 0 N–H and O–H groups in total. The number of benzene rings is 3. The molecule has 0 saturated carbocycles. The highest BCUT2D eigenvalue weighted by atomic mass is 16.5. The van der Waals surface area contributed by atoms with Crippen molar-refractivity contribution in [2.24, 2.45) is 5.92 Å². The molecule has 1 amide bonds. The van der Waals surface area contributed by atoms with Crippen molar-refractivity contribution >= 4 is 16.7 Å². The fourth-order valence-corrected chi connectivity index (χ4v) is 5.74. The lowest BCUT2D eigenvalue weighted by Crippen LogP contribution is -2.45. The van der Waals surface area contributed by atoms with E-state index in [4.69, 9.17) is 9.47 Å². The highest BCUT2D eigenvalue weighted by Gasteiger charge is 2.29. The van der Waals surface area contributed by atoms with Crippen LogP contribution in [-0.4, -0.2) is 62.7 Å². The van der Waals surface area contributed by atoms with Crippen molar-refractivity contribution in [1.29, 1.82) is 0 Å². The van der Waals surface area contributed by atoms with Gasteiger partial charge < -0.3 is 19.3 Å². The summed E-state index contributed by atoms with van der Waals surface area (Å²) in [6, 6.07) is 19.2. The number of amides is 1. The summed E-state index contributed by atoms with van der Waals surface area (Å²) in [5.74, 6) is 1.98. The summed E-state index contributed by atoms with van der Waals surface area (Å²) in [5, 5.41) is 2.63. The standard InChI is InChI=1S/C30H36N2O3/c1-34-28-18-26-13-16-32(30(33)27(26)19-29(28)35-2)21-23-8-6-15-31(20-23)14-5-7-22-11-12-24-9-3-4-10-25(24)17-22/h3-4,9-12,17-19,23H,5-8,13-16,20-21H2,1-2H3. The molecule has 2 heterocycles. The summed E-state index contributed by atoms with van der Waals surface area (Å²) in [5.41, 5.74) is 3.24. The second-order valence-electron chi connectivity index (χ2n) is 9.96. The maximum Gasteiger partial charge on any atom is 0.254 e. The van der Waals surface area contributed by atoms with E-state index < -0.39 is 0 Å². The number of ether oxygens (including phenoxy) is 2. The fourth-order valence-electron chi connectivity index (χ4n) is 5.74. The topological polar surface area (TPSA) is 42.0 Å². The number of piperidine rings is 1. The zero-order chi connectivity index (χ0) is 24.2. The minimum absolute atomic E-state index is 0.126. The van der Waals surface area contributed by atoms with Crippen molar-refractivity contribution in [3.63, 3.8) is 0 Å². The Morgan fingerprint density at radius 3 is 2.57 bits per heavy atom. The molecule has 2 aliphatic heterocycles. The van der Waals surface area contributed by atoms with Crippen molar-refractivity contribution < 1.29 is 14.3 Å². The molecule has 0 aromatic heterocycles. The van der Waals surface area contributed by atoms with Gasteiger partial charge in [-0.1, -0.05) is 42.5 Å². The van der Waals surface area contributed by atoms with Crippen molar-refractivity contribution in [1.82, 2.24) is 9.80 Å². The Balaban J connectivity index is 1.15. The lowest BCUT2D eigenvalue weighted by atomic mass is 9.93. The third kappa shape index (κ3) is 5.30. The molecule has 35 heavy (non-hydrogen) atoms. The monoisotopic (exact) mass is 472 g/mol. The van der Waals surface area contributed by atoms with E-state index in [2.05, 4.69) is 52.3 Å². The summed E-state index contributed by atoms with van der Waals surface area (Å²) >= 11 is 0. The first-order valence-electron chi connectivity index (χ1n) is 12.9. The van der Waals surface area contributed by atoms with E-state index in [0.717, 1.165) is 50.1 Å². The van der Waals surface area contributed by atoms with E-state index in [1.807, 2.05) is 12.1 Å². The molecule has 0 bridgehead atoms. The van der Waals surface area contributed by atoms with Crippen molar-refractivity contribution in [3.05, 3.63) is 71.3 Å². The van der Waals surface area contributed by atoms with Crippen LogP contribution < -0.4 is 9.47 Å². The predicted octanol–water partition coefficient (Wildman–Crippen LogP) is 5.20. The lowest BCUT2D eigenvalue weighted by Gasteiger charge is -2.37. The Labute approximate surface area is 208 Å². The van der Waals surface area contributed by atoms with Gasteiger partial charge in [0.1, 0.15) is 0 Å². The Morgan fingerprint density at radius 1 is 0.943 bits per heavy atom. The average Bonchev–Trinajstić information content (AvgIpc) is 2.90. The minimum Gasteiger partial charge on any atom is -0.493 e. The van der Waals surface area contributed by atoms with E-state index in [1.54, 1.807) is 14.2 Å². The van der Waals surface area contributed by atoms with Crippen molar-refractivity contribution in [3.8, 4) is 11.5 Å². The normalized spacial score (nSPS) is 18.5. The maximum atomic E-state index is 13.3. The van der Waals surface area contributed by atoms with Gasteiger partial charge in [-0.25, -0.2) is 0 Å². The van der Waals surface area contributed by atoms with Gasteiger partial charge in [0, 0.05) is 25.2 Å². The molecule has 1 atom stereocenters. The van der Waals surface area contributed by atoms with Crippen LogP contribution in [0.1, 0.15) is 40.7 Å². The zero-order valence-electron chi connectivity index (χ0n) is 21.0. The number of hydrogen-bond donors (Lipinski definition) is 0. The molecule has 3 aromatic rings. The first-order chi connectivity index (χ1) is 17.1. The molecule has 0 aliphatic carbocycles. The number of rotatable bonds is 8. The maximum absolute atomic E-state index is 13.3. The van der Waals surface area contributed by atoms with E-state index in [1.165, 1.54) is 42.1 Å². The van der Waals surface area contributed by atoms with Crippen LogP contribution in [0.3, 0.4) is 0 Å². The molecule has 1 saturated heterocycles. The van der Waals surface area contributed by atoms with Crippen LogP contribution in [-0.2, 0) is 12.8 Å². The smallest absolute Gasteiger partial charge is 0.254 e. The first-order valence-corrected chi connectivity index (χ1v) is 12.9. The third-order valence-electron chi connectivity index (χ3n) is 7.61. The molecule has 1 fully saturated rings. The van der Waals surface area contributed by atoms with Gasteiger partial charge in [0.15, 0.2) is 11.5 Å². The third-order valence-corrected chi connectivity index (χ3v) is 7.61. The van der Waals surface area contributed by atoms with E-state index in [9.17, 15) is 4.79 Å². The van der Waals surface area contributed by atoms with E-state index in [-0.39, 0.29) is 5.91 Å². The van der Waals surface area contributed by atoms with E-state index >= 15 is 0 Å². The number of fused-ring (bicyclic) bond motifs is 2. The molecule has 0 radical (unpaired) electrons. The molecule has 5 heteroatoms. The summed E-state index contributed by atoms with van der Waals surface area (Å²) < 4.78 is 10.9. The van der Waals surface area contributed by atoms with Crippen molar-refractivity contribution in [2.45, 2.75) is 32.1 Å². The summed E-state index contributed by atoms with van der Waals surface area (Å²) in [6.07, 6.45) is 5.55. The number of hydrogen-bond acceptors (Lipinski definition) is 4. The van der Waals surface area contributed by atoms with Crippen LogP contribution in [0.5, 0.6) is 11.5 Å². The molecule has 184 valence electrons. The Hall–Kier alpha value is -3.05. The van der Waals surface area contributed by atoms with Crippen LogP contribution in [0.15, 0.2) is 54.6 Å². The minimum atomic E-state index is 0.126. The molecule has 2 aliphatic rings. The molecule has 1 unspecified atom stereocenters. The number of nitrogens with zero attached hydrogens (tertiary/aromatic N) is 2. The summed E-state index contributed by atoms with van der Waals surface area (Å²) in [7, 11) is 3.25. The number of carbonyl (C=O) groups excluding carboxylic acids is 1. The second-order valence-corrected chi connectivity index (χ2v) is 9.96. The zero-order valence-corrected chi connectivity index (χ0v) is 21.0. The number of aryl methyl sites for hydroxylation is 1. The Kier molecular flexibility index (Phi) is 7.24. The van der Waals surface area contributed by atoms with E-state index in [0.29, 0.717) is 17.4 Å². The Bertz CT molecular complexity index is 1190. The van der Waals surface area contributed by atoms with Gasteiger partial charge in [-0.2, -0.15) is 0 Å². The number of likely N-dealkylation sites (tertiary alicyclic amines) is 1. The molecule has 3 aromatic carbocycles. The number of methoxy groups -OCH3 is 2. The average molecular weight is 473 g/mol. The fraction of sp³-hybridized carbons (Fsp3) is 0.433. The molecular weight excluding hydrogens is 436 g/mol. The highest BCUT2D eigenvalue weighted by Crippen LogP contribution is 2.33. The summed E-state index contributed by atoms with van der Waals surface area (Å²) in [4.78, 5) is 17.9. The highest BCUT2D eigenvalue weighted by molar-refractivity contribution is 5.97.